The van der Waals surface area contributed by atoms with Gasteiger partial charge < -0.3 is 0 Å². The summed E-state index contributed by atoms with van der Waals surface area (Å²) in [5.41, 5.74) is 1.48. The van der Waals surface area contributed by atoms with Crippen LogP contribution in [0.2, 0.25) is 0 Å². The monoisotopic (exact) mass is 258 g/mol. The zero-order valence-electron chi connectivity index (χ0n) is 10.0. The van der Waals surface area contributed by atoms with E-state index < -0.39 is 0 Å². The molecule has 2 rings (SSSR count). The molecule has 0 aromatic carbocycles. The van der Waals surface area contributed by atoms with Crippen LogP contribution in [0.3, 0.4) is 0 Å². The molecule has 0 radical (unpaired) electrons. The van der Waals surface area contributed by atoms with Crippen LogP contribution in [0.25, 0.3) is 0 Å². The second kappa shape index (κ2) is 5.03. The van der Waals surface area contributed by atoms with E-state index in [-0.39, 0.29) is 0 Å². The van der Waals surface area contributed by atoms with E-state index in [2.05, 4.69) is 29.1 Å². The van der Waals surface area contributed by atoms with Gasteiger partial charge in [-0.2, -0.15) is 0 Å². The van der Waals surface area contributed by atoms with Gasteiger partial charge in [-0.15, -0.1) is 22.9 Å². The molecule has 1 fully saturated rings. The molecule has 2 nitrogen and oxygen atoms in total. The maximum absolute atomic E-state index is 5.76. The fourth-order valence-corrected chi connectivity index (χ4v) is 3.42. The lowest BCUT2D eigenvalue weighted by Crippen LogP contribution is -2.39. The lowest BCUT2D eigenvalue weighted by atomic mass is 9.84. The Bertz CT molecular complexity index is 349. The summed E-state index contributed by atoms with van der Waals surface area (Å²) in [5.74, 6) is 0.530. The fraction of sp³-hybridized carbons (Fsp3) is 0.750. The summed E-state index contributed by atoms with van der Waals surface area (Å²) in [7, 11) is 0. The van der Waals surface area contributed by atoms with Gasteiger partial charge in [-0.05, 0) is 24.8 Å². The van der Waals surface area contributed by atoms with Crippen molar-refractivity contribution in [2.45, 2.75) is 39.1 Å². The van der Waals surface area contributed by atoms with Gasteiger partial charge in [0.25, 0.3) is 0 Å². The van der Waals surface area contributed by atoms with Gasteiger partial charge in [0.1, 0.15) is 5.01 Å². The van der Waals surface area contributed by atoms with Gasteiger partial charge >= 0.3 is 0 Å². The quantitative estimate of drug-likeness (QED) is 0.772. The van der Waals surface area contributed by atoms with E-state index in [1.54, 1.807) is 11.3 Å². The molecular formula is C12H19ClN2S. The molecule has 0 aliphatic carbocycles. The Morgan fingerprint density at radius 2 is 2.38 bits per heavy atom. The largest absolute Gasteiger partial charge is 0.296 e. The average Bonchev–Trinajstić information content (AvgIpc) is 2.64. The summed E-state index contributed by atoms with van der Waals surface area (Å²) in [6.45, 7) is 8.09. The molecule has 16 heavy (non-hydrogen) atoms. The molecule has 1 aliphatic heterocycles. The lowest BCUT2D eigenvalue weighted by molar-refractivity contribution is 0.111. The number of piperidine rings is 1. The van der Waals surface area contributed by atoms with Crippen molar-refractivity contribution in [2.75, 3.05) is 13.1 Å². The minimum absolute atomic E-state index is 0.463. The molecule has 2 heterocycles. The zero-order valence-corrected chi connectivity index (χ0v) is 11.6. The number of hydrogen-bond acceptors (Lipinski definition) is 3. The van der Waals surface area contributed by atoms with Crippen LogP contribution in [0.1, 0.15) is 37.4 Å². The van der Waals surface area contributed by atoms with E-state index in [1.165, 1.54) is 30.9 Å². The number of alkyl halides is 1. The standard InChI is InChI=1S/C12H19ClN2S/c1-12(2)4-3-5-15(9-12)7-11-14-10(6-13)8-16-11/h8H,3-7,9H2,1-2H3. The molecule has 0 unspecified atom stereocenters. The SMILES string of the molecule is CC1(C)CCCN(Cc2nc(CCl)cs2)C1. The van der Waals surface area contributed by atoms with Gasteiger partial charge in [0, 0.05) is 11.9 Å². The van der Waals surface area contributed by atoms with Gasteiger partial charge in [-0.3, -0.25) is 4.90 Å². The van der Waals surface area contributed by atoms with Crippen LogP contribution in [-0.2, 0) is 12.4 Å². The van der Waals surface area contributed by atoms with Crippen LogP contribution in [0.5, 0.6) is 0 Å². The van der Waals surface area contributed by atoms with Gasteiger partial charge in [-0.1, -0.05) is 13.8 Å². The van der Waals surface area contributed by atoms with Crippen LogP contribution < -0.4 is 0 Å². The van der Waals surface area contributed by atoms with Crippen LogP contribution in [0.15, 0.2) is 5.38 Å². The van der Waals surface area contributed by atoms with Crippen molar-refractivity contribution in [1.82, 2.24) is 9.88 Å². The van der Waals surface area contributed by atoms with Crippen molar-refractivity contribution in [3.05, 3.63) is 16.1 Å². The third kappa shape index (κ3) is 3.19. The maximum Gasteiger partial charge on any atom is 0.107 e. The maximum atomic E-state index is 5.76. The normalized spacial score (nSPS) is 21.2. The Balaban J connectivity index is 1.94. The molecule has 1 aromatic heterocycles. The Hall–Kier alpha value is -0.120. The number of aromatic nitrogens is 1. The first-order valence-electron chi connectivity index (χ1n) is 5.81. The zero-order chi connectivity index (χ0) is 11.6. The van der Waals surface area contributed by atoms with Crippen molar-refractivity contribution in [3.63, 3.8) is 0 Å². The number of hydrogen-bond donors (Lipinski definition) is 0. The highest BCUT2D eigenvalue weighted by atomic mass is 35.5. The molecule has 1 aliphatic rings. The van der Waals surface area contributed by atoms with Crippen molar-refractivity contribution >= 4 is 22.9 Å². The Morgan fingerprint density at radius 3 is 3.00 bits per heavy atom. The number of nitrogens with zero attached hydrogens (tertiary/aromatic N) is 2. The summed E-state index contributed by atoms with van der Waals surface area (Å²) in [5, 5.41) is 3.27. The molecule has 0 amide bonds. The highest BCUT2D eigenvalue weighted by Crippen LogP contribution is 2.29. The molecule has 0 spiro atoms. The van der Waals surface area contributed by atoms with Gasteiger partial charge in [0.2, 0.25) is 0 Å². The van der Waals surface area contributed by atoms with E-state index in [4.69, 9.17) is 11.6 Å². The number of thiazole rings is 1. The molecule has 90 valence electrons. The van der Waals surface area contributed by atoms with Gasteiger partial charge in [0.15, 0.2) is 0 Å². The number of likely N-dealkylation sites (tertiary alicyclic amines) is 1. The molecule has 0 N–H and O–H groups in total. The van der Waals surface area contributed by atoms with Crippen molar-refractivity contribution in [3.8, 4) is 0 Å². The summed E-state index contributed by atoms with van der Waals surface area (Å²) in [6.07, 6.45) is 2.65. The predicted octanol–water partition coefficient (Wildman–Crippen LogP) is 3.50. The van der Waals surface area contributed by atoms with Crippen molar-refractivity contribution < 1.29 is 0 Å². The third-order valence-electron chi connectivity index (χ3n) is 3.07. The van der Waals surface area contributed by atoms with E-state index >= 15 is 0 Å². The second-order valence-electron chi connectivity index (χ2n) is 5.34. The molecule has 1 aromatic rings. The van der Waals surface area contributed by atoms with E-state index in [0.717, 1.165) is 12.2 Å². The highest BCUT2D eigenvalue weighted by Gasteiger charge is 2.26. The first-order chi connectivity index (χ1) is 7.59. The Kier molecular flexibility index (Phi) is 3.88. The molecule has 0 saturated carbocycles. The van der Waals surface area contributed by atoms with E-state index in [1.807, 2.05) is 0 Å². The molecular weight excluding hydrogens is 240 g/mol. The molecule has 0 atom stereocenters. The number of halogens is 1. The topological polar surface area (TPSA) is 16.1 Å². The highest BCUT2D eigenvalue weighted by molar-refractivity contribution is 7.09. The molecule has 1 saturated heterocycles. The average molecular weight is 259 g/mol. The minimum Gasteiger partial charge on any atom is -0.296 e. The van der Waals surface area contributed by atoms with E-state index in [0.29, 0.717) is 11.3 Å². The van der Waals surface area contributed by atoms with Crippen molar-refractivity contribution in [2.24, 2.45) is 5.41 Å². The smallest absolute Gasteiger partial charge is 0.107 e. The van der Waals surface area contributed by atoms with E-state index in [9.17, 15) is 0 Å². The fourth-order valence-electron chi connectivity index (χ4n) is 2.35. The Morgan fingerprint density at radius 1 is 1.56 bits per heavy atom. The van der Waals surface area contributed by atoms with Crippen LogP contribution in [0, 0.1) is 5.41 Å². The molecule has 4 heteroatoms. The summed E-state index contributed by atoms with van der Waals surface area (Å²) >= 11 is 7.49. The van der Waals surface area contributed by atoms with Gasteiger partial charge in [-0.25, -0.2) is 4.98 Å². The third-order valence-corrected chi connectivity index (χ3v) is 4.23. The van der Waals surface area contributed by atoms with Crippen LogP contribution in [-0.4, -0.2) is 23.0 Å². The number of rotatable bonds is 3. The van der Waals surface area contributed by atoms with Gasteiger partial charge in [0.05, 0.1) is 18.1 Å². The van der Waals surface area contributed by atoms with Crippen LogP contribution >= 0.6 is 22.9 Å². The predicted molar refractivity (Wildman–Crippen MR) is 70.0 cm³/mol. The Labute approximate surface area is 107 Å². The lowest BCUT2D eigenvalue weighted by Gasteiger charge is -2.37. The van der Waals surface area contributed by atoms with Crippen LogP contribution in [0.4, 0.5) is 0 Å². The minimum atomic E-state index is 0.463. The summed E-state index contributed by atoms with van der Waals surface area (Å²) in [4.78, 5) is 7.03. The summed E-state index contributed by atoms with van der Waals surface area (Å²) < 4.78 is 0. The van der Waals surface area contributed by atoms with Crippen molar-refractivity contribution in [1.29, 1.82) is 0 Å². The first kappa shape index (κ1) is 12.3. The molecule has 0 bridgehead atoms. The summed E-state index contributed by atoms with van der Waals surface area (Å²) in [6, 6.07) is 0. The first-order valence-corrected chi connectivity index (χ1v) is 7.22. The second-order valence-corrected chi connectivity index (χ2v) is 6.55.